The van der Waals surface area contributed by atoms with Gasteiger partial charge in [-0.1, -0.05) is 6.07 Å². The molecule has 0 saturated carbocycles. The van der Waals surface area contributed by atoms with Crippen molar-refractivity contribution >= 4 is 29.2 Å². The Morgan fingerprint density at radius 1 is 1.03 bits per heavy atom. The number of alkyl halides is 3. The van der Waals surface area contributed by atoms with Crippen LogP contribution in [0, 0.1) is 11.3 Å². The van der Waals surface area contributed by atoms with E-state index in [0.29, 0.717) is 0 Å². The van der Waals surface area contributed by atoms with E-state index in [4.69, 9.17) is 0 Å². The van der Waals surface area contributed by atoms with Gasteiger partial charge >= 0.3 is 18.1 Å². The number of rotatable bonds is 6. The summed E-state index contributed by atoms with van der Waals surface area (Å²) in [6.07, 6.45) is -3.67. The van der Waals surface area contributed by atoms with Gasteiger partial charge in [0.15, 0.2) is 0 Å². The fourth-order valence-corrected chi connectivity index (χ4v) is 2.47. The maximum atomic E-state index is 12.8. The third kappa shape index (κ3) is 5.85. The summed E-state index contributed by atoms with van der Waals surface area (Å²) in [6, 6.07) is 9.33. The summed E-state index contributed by atoms with van der Waals surface area (Å²) in [5.41, 5.74) is -1.57. The quantitative estimate of drug-likeness (QED) is 0.394. The highest BCUT2D eigenvalue weighted by Gasteiger charge is 2.30. The van der Waals surface area contributed by atoms with Crippen molar-refractivity contribution in [2.45, 2.75) is 6.18 Å². The number of nitrogens with one attached hydrogen (secondary N) is 2. The molecule has 0 aliphatic heterocycles. The molecule has 0 aliphatic rings. The molecular formula is C21H16F3N3O5. The Kier molecular flexibility index (Phi) is 7.57. The maximum Gasteiger partial charge on any atom is 0.416 e. The third-order valence-electron chi connectivity index (χ3n) is 4.03. The molecule has 8 nitrogen and oxygen atoms in total. The van der Waals surface area contributed by atoms with E-state index in [1.807, 2.05) is 0 Å². The van der Waals surface area contributed by atoms with Crippen molar-refractivity contribution in [2.75, 3.05) is 24.9 Å². The summed E-state index contributed by atoms with van der Waals surface area (Å²) < 4.78 is 47.7. The number of methoxy groups -OCH3 is 2. The lowest BCUT2D eigenvalue weighted by Gasteiger charge is -2.11. The number of esters is 2. The van der Waals surface area contributed by atoms with Crippen molar-refractivity contribution in [1.82, 2.24) is 0 Å². The van der Waals surface area contributed by atoms with Crippen LogP contribution in [0.5, 0.6) is 0 Å². The number of nitriles is 1. The molecule has 2 aromatic carbocycles. The van der Waals surface area contributed by atoms with Gasteiger partial charge in [0.2, 0.25) is 0 Å². The molecule has 0 fully saturated rings. The van der Waals surface area contributed by atoms with Crippen LogP contribution in [0.15, 0.2) is 54.2 Å². The van der Waals surface area contributed by atoms with Gasteiger partial charge in [-0.2, -0.15) is 18.4 Å². The van der Waals surface area contributed by atoms with Crippen LogP contribution in [-0.2, 0) is 20.4 Å². The van der Waals surface area contributed by atoms with Gasteiger partial charge in [0.25, 0.3) is 5.91 Å². The molecule has 0 aliphatic carbocycles. The molecule has 0 saturated heterocycles. The molecule has 2 rings (SSSR count). The molecule has 166 valence electrons. The van der Waals surface area contributed by atoms with Crippen LogP contribution in [0.4, 0.5) is 24.5 Å². The highest BCUT2D eigenvalue weighted by atomic mass is 19.4. The maximum absolute atomic E-state index is 12.8. The number of hydrogen-bond acceptors (Lipinski definition) is 7. The zero-order valence-corrected chi connectivity index (χ0v) is 16.7. The van der Waals surface area contributed by atoms with Crippen molar-refractivity contribution in [1.29, 1.82) is 5.26 Å². The van der Waals surface area contributed by atoms with E-state index < -0.39 is 35.2 Å². The summed E-state index contributed by atoms with van der Waals surface area (Å²) in [5.74, 6) is -2.46. The Balaban J connectivity index is 2.31. The molecular weight excluding hydrogens is 431 g/mol. The van der Waals surface area contributed by atoms with E-state index in [2.05, 4.69) is 20.1 Å². The number of ether oxygens (including phenoxy) is 2. The van der Waals surface area contributed by atoms with Crippen molar-refractivity contribution < 1.29 is 37.0 Å². The lowest BCUT2D eigenvalue weighted by Crippen LogP contribution is -2.16. The van der Waals surface area contributed by atoms with Crippen molar-refractivity contribution in [3.63, 3.8) is 0 Å². The molecule has 0 heterocycles. The van der Waals surface area contributed by atoms with E-state index in [9.17, 15) is 32.8 Å². The first kappa shape index (κ1) is 23.9. The zero-order chi connectivity index (χ0) is 23.9. The van der Waals surface area contributed by atoms with E-state index in [1.165, 1.54) is 24.3 Å². The van der Waals surface area contributed by atoms with Crippen LogP contribution in [0.2, 0.25) is 0 Å². The van der Waals surface area contributed by atoms with Gasteiger partial charge in [-0.05, 0) is 36.4 Å². The van der Waals surface area contributed by atoms with E-state index in [0.717, 1.165) is 38.6 Å². The van der Waals surface area contributed by atoms with Gasteiger partial charge in [-0.25, -0.2) is 9.59 Å². The second-order valence-electron chi connectivity index (χ2n) is 6.09. The number of anilines is 2. The molecule has 32 heavy (non-hydrogen) atoms. The first-order valence-electron chi connectivity index (χ1n) is 8.76. The second kappa shape index (κ2) is 10.1. The van der Waals surface area contributed by atoms with E-state index in [1.54, 1.807) is 6.07 Å². The zero-order valence-electron chi connectivity index (χ0n) is 16.7. The minimum Gasteiger partial charge on any atom is -0.465 e. The van der Waals surface area contributed by atoms with Gasteiger partial charge < -0.3 is 20.1 Å². The van der Waals surface area contributed by atoms with Gasteiger partial charge in [0.1, 0.15) is 11.6 Å². The predicted molar refractivity (Wildman–Crippen MR) is 107 cm³/mol. The molecule has 0 unspecified atom stereocenters. The van der Waals surface area contributed by atoms with Crippen LogP contribution in [0.25, 0.3) is 0 Å². The summed E-state index contributed by atoms with van der Waals surface area (Å²) in [5, 5.41) is 14.0. The standard InChI is InChI=1S/C21H16F3N3O5/c1-31-19(29)12-6-7-16(20(30)32-2)17(8-12)26-11-13(10-25)18(28)27-15-5-3-4-14(9-15)21(22,23)24/h3-9,11,26H,1-2H3,(H,27,28)/b13-11-. The lowest BCUT2D eigenvalue weighted by molar-refractivity contribution is -0.137. The van der Waals surface area contributed by atoms with Gasteiger partial charge in [-0.3, -0.25) is 4.79 Å². The van der Waals surface area contributed by atoms with Crippen molar-refractivity contribution in [2.24, 2.45) is 0 Å². The summed E-state index contributed by atoms with van der Waals surface area (Å²) >= 11 is 0. The molecule has 11 heteroatoms. The van der Waals surface area contributed by atoms with Crippen molar-refractivity contribution in [3.05, 3.63) is 70.9 Å². The lowest BCUT2D eigenvalue weighted by atomic mass is 10.1. The van der Waals surface area contributed by atoms with Crippen molar-refractivity contribution in [3.8, 4) is 6.07 Å². The fraction of sp³-hybridized carbons (Fsp3) is 0.143. The minimum absolute atomic E-state index is 0.00743. The number of carbonyl (C=O) groups is 3. The van der Waals surface area contributed by atoms with Crippen LogP contribution in [0.3, 0.4) is 0 Å². The number of halogens is 3. The number of carbonyl (C=O) groups excluding carboxylic acids is 3. The second-order valence-corrected chi connectivity index (χ2v) is 6.09. The Hall–Kier alpha value is -4.33. The highest BCUT2D eigenvalue weighted by molar-refractivity contribution is 6.07. The summed E-state index contributed by atoms with van der Waals surface area (Å²) in [4.78, 5) is 36.0. The number of amides is 1. The van der Waals surface area contributed by atoms with Crippen LogP contribution < -0.4 is 10.6 Å². The fourth-order valence-electron chi connectivity index (χ4n) is 2.47. The SMILES string of the molecule is COC(=O)c1ccc(C(=O)OC)c(N/C=C(/C#N)C(=O)Nc2cccc(C(F)(F)F)c2)c1. The van der Waals surface area contributed by atoms with Crippen LogP contribution in [0.1, 0.15) is 26.3 Å². The number of nitrogens with zero attached hydrogens (tertiary/aromatic N) is 1. The average Bonchev–Trinajstić information content (AvgIpc) is 2.77. The normalized spacial score (nSPS) is 11.2. The average molecular weight is 447 g/mol. The predicted octanol–water partition coefficient (Wildman–Crippen LogP) is 3.74. The molecule has 0 bridgehead atoms. The monoisotopic (exact) mass is 447 g/mol. The van der Waals surface area contributed by atoms with Gasteiger partial charge in [-0.15, -0.1) is 0 Å². The van der Waals surface area contributed by atoms with E-state index >= 15 is 0 Å². The molecule has 0 radical (unpaired) electrons. The first-order valence-corrected chi connectivity index (χ1v) is 8.76. The number of benzene rings is 2. The largest absolute Gasteiger partial charge is 0.465 e. The first-order chi connectivity index (χ1) is 15.1. The highest BCUT2D eigenvalue weighted by Crippen LogP contribution is 2.30. The third-order valence-corrected chi connectivity index (χ3v) is 4.03. The number of hydrogen-bond donors (Lipinski definition) is 2. The van der Waals surface area contributed by atoms with Gasteiger partial charge in [0, 0.05) is 11.9 Å². The van der Waals surface area contributed by atoms with Crippen LogP contribution >= 0.6 is 0 Å². The van der Waals surface area contributed by atoms with E-state index in [-0.39, 0.29) is 22.5 Å². The smallest absolute Gasteiger partial charge is 0.416 e. The summed E-state index contributed by atoms with van der Waals surface area (Å²) in [6.45, 7) is 0. The molecule has 2 aromatic rings. The van der Waals surface area contributed by atoms with Crippen LogP contribution in [-0.4, -0.2) is 32.1 Å². The minimum atomic E-state index is -4.61. The Morgan fingerprint density at radius 2 is 1.72 bits per heavy atom. The Morgan fingerprint density at radius 3 is 2.31 bits per heavy atom. The Labute approximate surface area is 180 Å². The molecule has 0 spiro atoms. The Bertz CT molecular complexity index is 1120. The molecule has 2 N–H and O–H groups in total. The molecule has 1 amide bonds. The van der Waals surface area contributed by atoms with Gasteiger partial charge in [0.05, 0.1) is 36.6 Å². The topological polar surface area (TPSA) is 118 Å². The molecule has 0 aromatic heterocycles. The summed E-state index contributed by atoms with van der Waals surface area (Å²) in [7, 11) is 2.30. The molecule has 0 atom stereocenters.